The van der Waals surface area contributed by atoms with Crippen LogP contribution in [0.15, 0.2) is 0 Å². The van der Waals surface area contributed by atoms with Crippen molar-refractivity contribution in [1.82, 2.24) is 4.90 Å². The maximum Gasteiger partial charge on any atom is 0.0213 e. The van der Waals surface area contributed by atoms with Gasteiger partial charge in [0, 0.05) is 11.6 Å². The van der Waals surface area contributed by atoms with Crippen molar-refractivity contribution in [3.63, 3.8) is 0 Å². The van der Waals surface area contributed by atoms with E-state index < -0.39 is 0 Å². The highest BCUT2D eigenvalue weighted by Crippen LogP contribution is 2.48. The molecule has 1 spiro atoms. The summed E-state index contributed by atoms with van der Waals surface area (Å²) in [7, 11) is 0. The third-order valence-corrected chi connectivity index (χ3v) is 3.35. The number of hydrogen-bond donors (Lipinski definition) is 0. The zero-order valence-corrected chi connectivity index (χ0v) is 7.77. The van der Waals surface area contributed by atoms with Crippen LogP contribution in [-0.4, -0.2) is 23.0 Å². The molecule has 0 unspecified atom stereocenters. The topological polar surface area (TPSA) is 3.24 Å². The van der Waals surface area contributed by atoms with Gasteiger partial charge in [0.25, 0.3) is 0 Å². The Hall–Kier alpha value is -0.0400. The minimum atomic E-state index is 0.701. The second-order valence-corrected chi connectivity index (χ2v) is 4.47. The molecule has 0 N–H and O–H groups in total. The first kappa shape index (κ1) is 7.60. The highest BCUT2D eigenvalue weighted by molar-refractivity contribution is 5.06. The smallest absolute Gasteiger partial charge is 0.0213 e. The van der Waals surface area contributed by atoms with E-state index in [1.54, 1.807) is 0 Å². The predicted molar refractivity (Wildman–Crippen MR) is 47.7 cm³/mol. The standard InChI is InChI=1S/C10H19N/c1-9(2)11-8-4-3-5-10(11)6-7-10/h9H,3-8H2,1-2H3. The molecule has 1 aliphatic heterocycles. The average molecular weight is 153 g/mol. The molecule has 2 aliphatic rings. The number of nitrogens with zero attached hydrogens (tertiary/aromatic N) is 1. The Morgan fingerprint density at radius 3 is 2.27 bits per heavy atom. The van der Waals surface area contributed by atoms with Gasteiger partial charge in [0.15, 0.2) is 0 Å². The Kier molecular flexibility index (Phi) is 1.71. The van der Waals surface area contributed by atoms with Gasteiger partial charge in [-0.05, 0) is 46.1 Å². The molecule has 1 saturated carbocycles. The van der Waals surface area contributed by atoms with E-state index in [1.165, 1.54) is 38.6 Å². The molecule has 0 amide bonds. The Balaban J connectivity index is 2.04. The van der Waals surface area contributed by atoms with E-state index in [1.807, 2.05) is 0 Å². The van der Waals surface area contributed by atoms with Gasteiger partial charge in [-0.15, -0.1) is 0 Å². The molecule has 0 radical (unpaired) electrons. The van der Waals surface area contributed by atoms with E-state index in [9.17, 15) is 0 Å². The summed E-state index contributed by atoms with van der Waals surface area (Å²) in [6.45, 7) is 6.04. The summed E-state index contributed by atoms with van der Waals surface area (Å²) in [5, 5.41) is 0. The van der Waals surface area contributed by atoms with Crippen molar-refractivity contribution in [2.75, 3.05) is 6.54 Å². The highest BCUT2D eigenvalue weighted by atomic mass is 15.3. The molecule has 2 fully saturated rings. The first-order chi connectivity index (χ1) is 5.25. The maximum atomic E-state index is 2.73. The molecule has 0 aromatic rings. The SMILES string of the molecule is CC(C)N1CCCCC12CC2. The molecule has 0 atom stereocenters. The molecule has 0 aromatic carbocycles. The molecular weight excluding hydrogens is 134 g/mol. The number of hydrogen-bond acceptors (Lipinski definition) is 1. The van der Waals surface area contributed by atoms with Gasteiger partial charge in [-0.2, -0.15) is 0 Å². The summed E-state index contributed by atoms with van der Waals surface area (Å²) < 4.78 is 0. The minimum absolute atomic E-state index is 0.701. The molecule has 0 bridgehead atoms. The van der Waals surface area contributed by atoms with Crippen LogP contribution in [0, 0.1) is 0 Å². The van der Waals surface area contributed by atoms with Gasteiger partial charge in [-0.1, -0.05) is 6.42 Å². The normalized spacial score (nSPS) is 29.7. The summed E-state index contributed by atoms with van der Waals surface area (Å²) in [4.78, 5) is 2.73. The van der Waals surface area contributed by atoms with Crippen molar-refractivity contribution in [3.05, 3.63) is 0 Å². The summed E-state index contributed by atoms with van der Waals surface area (Å²) in [6.07, 6.45) is 7.34. The average Bonchev–Trinajstić information content (AvgIpc) is 2.70. The monoisotopic (exact) mass is 153 g/mol. The molecule has 1 aliphatic carbocycles. The first-order valence-corrected chi connectivity index (χ1v) is 5.01. The minimum Gasteiger partial charge on any atom is -0.295 e. The lowest BCUT2D eigenvalue weighted by Crippen LogP contribution is -2.45. The van der Waals surface area contributed by atoms with Crippen molar-refractivity contribution in [2.24, 2.45) is 0 Å². The van der Waals surface area contributed by atoms with Crippen LogP contribution in [-0.2, 0) is 0 Å². The fourth-order valence-corrected chi connectivity index (χ4v) is 2.60. The number of rotatable bonds is 1. The summed E-state index contributed by atoms with van der Waals surface area (Å²) in [5.74, 6) is 0. The summed E-state index contributed by atoms with van der Waals surface area (Å²) in [6, 6.07) is 0.776. The molecule has 11 heavy (non-hydrogen) atoms. The molecule has 1 heterocycles. The van der Waals surface area contributed by atoms with Gasteiger partial charge in [-0.3, -0.25) is 4.90 Å². The zero-order valence-electron chi connectivity index (χ0n) is 7.77. The van der Waals surface area contributed by atoms with Crippen LogP contribution >= 0.6 is 0 Å². The lowest BCUT2D eigenvalue weighted by atomic mass is 9.98. The summed E-state index contributed by atoms with van der Waals surface area (Å²) in [5.41, 5.74) is 0.701. The third-order valence-electron chi connectivity index (χ3n) is 3.35. The van der Waals surface area contributed by atoms with Crippen LogP contribution < -0.4 is 0 Å². The van der Waals surface area contributed by atoms with Crippen LogP contribution in [0.25, 0.3) is 0 Å². The van der Waals surface area contributed by atoms with Gasteiger partial charge in [0.2, 0.25) is 0 Å². The Morgan fingerprint density at radius 1 is 1.09 bits per heavy atom. The van der Waals surface area contributed by atoms with Crippen LogP contribution in [0.1, 0.15) is 46.0 Å². The van der Waals surface area contributed by atoms with Gasteiger partial charge < -0.3 is 0 Å². The van der Waals surface area contributed by atoms with Gasteiger partial charge in [0.05, 0.1) is 0 Å². The van der Waals surface area contributed by atoms with Crippen molar-refractivity contribution >= 4 is 0 Å². The molecule has 64 valence electrons. The van der Waals surface area contributed by atoms with Crippen molar-refractivity contribution < 1.29 is 0 Å². The second kappa shape index (κ2) is 2.48. The zero-order chi connectivity index (χ0) is 7.90. The Morgan fingerprint density at radius 2 is 1.82 bits per heavy atom. The van der Waals surface area contributed by atoms with E-state index in [2.05, 4.69) is 18.7 Å². The maximum absolute atomic E-state index is 2.73. The Labute approximate surface area is 69.8 Å². The van der Waals surface area contributed by atoms with E-state index in [-0.39, 0.29) is 0 Å². The van der Waals surface area contributed by atoms with Gasteiger partial charge >= 0.3 is 0 Å². The van der Waals surface area contributed by atoms with E-state index in [0.717, 1.165) is 6.04 Å². The molecule has 2 rings (SSSR count). The second-order valence-electron chi connectivity index (χ2n) is 4.47. The van der Waals surface area contributed by atoms with Crippen LogP contribution in [0.2, 0.25) is 0 Å². The Bertz CT molecular complexity index is 147. The van der Waals surface area contributed by atoms with Crippen LogP contribution in [0.3, 0.4) is 0 Å². The van der Waals surface area contributed by atoms with E-state index in [0.29, 0.717) is 5.54 Å². The van der Waals surface area contributed by atoms with E-state index >= 15 is 0 Å². The number of likely N-dealkylation sites (tertiary alicyclic amines) is 1. The van der Waals surface area contributed by atoms with Crippen LogP contribution in [0.5, 0.6) is 0 Å². The van der Waals surface area contributed by atoms with Gasteiger partial charge in [-0.25, -0.2) is 0 Å². The molecular formula is C10H19N. The van der Waals surface area contributed by atoms with Crippen molar-refractivity contribution in [2.45, 2.75) is 57.5 Å². The predicted octanol–water partition coefficient (Wildman–Crippen LogP) is 2.41. The van der Waals surface area contributed by atoms with Gasteiger partial charge in [0.1, 0.15) is 0 Å². The first-order valence-electron chi connectivity index (χ1n) is 5.01. The fraction of sp³-hybridized carbons (Fsp3) is 1.00. The van der Waals surface area contributed by atoms with E-state index in [4.69, 9.17) is 0 Å². The largest absolute Gasteiger partial charge is 0.295 e. The summed E-state index contributed by atoms with van der Waals surface area (Å²) >= 11 is 0. The molecule has 1 heteroatoms. The van der Waals surface area contributed by atoms with Crippen LogP contribution in [0.4, 0.5) is 0 Å². The van der Waals surface area contributed by atoms with Crippen molar-refractivity contribution in [1.29, 1.82) is 0 Å². The fourth-order valence-electron chi connectivity index (χ4n) is 2.60. The molecule has 1 nitrogen and oxygen atoms in total. The molecule has 1 saturated heterocycles. The van der Waals surface area contributed by atoms with Crippen molar-refractivity contribution in [3.8, 4) is 0 Å². The lowest BCUT2D eigenvalue weighted by molar-refractivity contribution is 0.0940. The lowest BCUT2D eigenvalue weighted by Gasteiger charge is -2.39. The highest BCUT2D eigenvalue weighted by Gasteiger charge is 2.49. The third kappa shape index (κ3) is 1.20. The number of piperidine rings is 1. The quantitative estimate of drug-likeness (QED) is 0.559. The molecule has 0 aromatic heterocycles.